The Labute approximate surface area is 164 Å². The topological polar surface area (TPSA) is 66.2 Å². The molecule has 0 aliphatic rings. The summed E-state index contributed by atoms with van der Waals surface area (Å²) in [5.41, 5.74) is -0.122. The number of rotatable bonds is 9. The first-order valence-corrected chi connectivity index (χ1v) is 9.08. The van der Waals surface area contributed by atoms with E-state index >= 15 is 0 Å². The Balaban J connectivity index is 1.75. The Hall–Kier alpha value is -2.94. The Kier molecular flexibility index (Phi) is 6.82. The van der Waals surface area contributed by atoms with Crippen molar-refractivity contribution in [1.29, 1.82) is 0 Å². The van der Waals surface area contributed by atoms with Crippen LogP contribution in [-0.4, -0.2) is 34.9 Å². The number of hydrogen-bond donors (Lipinski definition) is 0. The van der Waals surface area contributed by atoms with Crippen LogP contribution in [0.5, 0.6) is 5.75 Å². The summed E-state index contributed by atoms with van der Waals surface area (Å²) < 4.78 is 49.1. The van der Waals surface area contributed by atoms with Gasteiger partial charge in [0, 0.05) is 12.7 Å². The summed E-state index contributed by atoms with van der Waals surface area (Å²) in [6.07, 6.45) is 6.26. The third kappa shape index (κ3) is 5.11. The van der Waals surface area contributed by atoms with Crippen LogP contribution in [0.25, 0.3) is 22.2 Å². The monoisotopic (exact) mass is 407 g/mol. The third-order valence-corrected chi connectivity index (χ3v) is 4.46. The van der Waals surface area contributed by atoms with Gasteiger partial charge in [0.25, 0.3) is 5.56 Å². The molecule has 0 spiro atoms. The predicted molar refractivity (Wildman–Crippen MR) is 102 cm³/mol. The molecule has 0 saturated carbocycles. The Morgan fingerprint density at radius 1 is 1.14 bits per heavy atom. The second-order valence-corrected chi connectivity index (χ2v) is 6.37. The number of fused-ring (bicyclic) bond motifs is 1. The highest BCUT2D eigenvalue weighted by atomic mass is 19.3. The second kappa shape index (κ2) is 9.51. The fourth-order valence-corrected chi connectivity index (χ4v) is 2.95. The standard InChI is InChI=1S/C20H20F3N3O3/c1-28-14-11-24-18(25-12-14)16-9-13-5-7-26(19(27)15(13)10-17(16)21)6-3-2-4-8-29-20(22)23/h5,7,9-12,20H,2-4,6,8H2,1H3. The summed E-state index contributed by atoms with van der Waals surface area (Å²) >= 11 is 0. The number of alkyl halides is 2. The van der Waals surface area contributed by atoms with Crippen LogP contribution in [0.3, 0.4) is 0 Å². The smallest absolute Gasteiger partial charge is 0.345 e. The van der Waals surface area contributed by atoms with E-state index in [9.17, 15) is 18.0 Å². The molecular weight excluding hydrogens is 387 g/mol. The van der Waals surface area contributed by atoms with Crippen LogP contribution in [0.1, 0.15) is 19.3 Å². The quantitative estimate of drug-likeness (QED) is 0.502. The second-order valence-electron chi connectivity index (χ2n) is 6.37. The van der Waals surface area contributed by atoms with Gasteiger partial charge >= 0.3 is 6.61 Å². The van der Waals surface area contributed by atoms with E-state index in [1.807, 2.05) is 0 Å². The van der Waals surface area contributed by atoms with Gasteiger partial charge in [0.05, 0.1) is 37.1 Å². The molecule has 0 aliphatic heterocycles. The fourth-order valence-electron chi connectivity index (χ4n) is 2.95. The average Bonchev–Trinajstić information content (AvgIpc) is 2.72. The number of nitrogens with zero attached hydrogens (tertiary/aromatic N) is 3. The Morgan fingerprint density at radius 3 is 2.59 bits per heavy atom. The van der Waals surface area contributed by atoms with Gasteiger partial charge < -0.3 is 14.0 Å². The predicted octanol–water partition coefficient (Wildman–Crippen LogP) is 4.02. The van der Waals surface area contributed by atoms with Crippen molar-refractivity contribution in [2.45, 2.75) is 32.4 Å². The lowest BCUT2D eigenvalue weighted by Crippen LogP contribution is -2.19. The molecule has 3 rings (SSSR count). The normalized spacial score (nSPS) is 11.3. The summed E-state index contributed by atoms with van der Waals surface area (Å²) in [7, 11) is 1.48. The average molecular weight is 407 g/mol. The van der Waals surface area contributed by atoms with E-state index in [2.05, 4.69) is 14.7 Å². The van der Waals surface area contributed by atoms with E-state index in [0.717, 1.165) is 0 Å². The van der Waals surface area contributed by atoms with E-state index in [4.69, 9.17) is 4.74 Å². The highest BCUT2D eigenvalue weighted by Gasteiger charge is 2.13. The first-order valence-electron chi connectivity index (χ1n) is 9.08. The molecular formula is C20H20F3N3O3. The molecule has 0 aliphatic carbocycles. The SMILES string of the molecule is COc1cnc(-c2cc3ccn(CCCCCOC(F)F)c(=O)c3cc2F)nc1. The lowest BCUT2D eigenvalue weighted by molar-refractivity contribution is -0.129. The van der Waals surface area contributed by atoms with E-state index in [-0.39, 0.29) is 28.9 Å². The molecule has 0 fully saturated rings. The number of aromatic nitrogens is 3. The van der Waals surface area contributed by atoms with Crippen LogP contribution < -0.4 is 10.3 Å². The van der Waals surface area contributed by atoms with Crippen LogP contribution >= 0.6 is 0 Å². The van der Waals surface area contributed by atoms with Gasteiger partial charge in [0.2, 0.25) is 0 Å². The highest BCUT2D eigenvalue weighted by molar-refractivity contribution is 5.85. The molecule has 3 aromatic rings. The van der Waals surface area contributed by atoms with E-state index in [1.54, 1.807) is 18.3 Å². The number of halogens is 3. The summed E-state index contributed by atoms with van der Waals surface area (Å²) in [6.45, 7) is -2.37. The van der Waals surface area contributed by atoms with Crippen LogP contribution in [0.15, 0.2) is 41.6 Å². The number of methoxy groups -OCH3 is 1. The first kappa shape index (κ1) is 20.8. The van der Waals surface area contributed by atoms with Gasteiger partial charge in [0.15, 0.2) is 11.6 Å². The zero-order chi connectivity index (χ0) is 20.8. The molecule has 0 bridgehead atoms. The molecule has 0 amide bonds. The number of unbranched alkanes of at least 4 members (excludes halogenated alkanes) is 2. The van der Waals surface area contributed by atoms with Gasteiger partial charge in [-0.05, 0) is 42.8 Å². The number of benzene rings is 1. The summed E-state index contributed by atoms with van der Waals surface area (Å²) in [5.74, 6) is 0.0562. The minimum absolute atomic E-state index is 0.0221. The Bertz CT molecular complexity index is 1020. The van der Waals surface area contributed by atoms with Crippen molar-refractivity contribution in [3.63, 3.8) is 0 Å². The zero-order valence-corrected chi connectivity index (χ0v) is 15.8. The number of ether oxygens (including phenoxy) is 2. The molecule has 0 unspecified atom stereocenters. The van der Waals surface area contributed by atoms with Gasteiger partial charge in [0.1, 0.15) is 5.82 Å². The van der Waals surface area contributed by atoms with Crippen molar-refractivity contribution in [3.05, 3.63) is 53.0 Å². The van der Waals surface area contributed by atoms with Crippen LogP contribution in [0, 0.1) is 5.82 Å². The molecule has 154 valence electrons. The van der Waals surface area contributed by atoms with Crippen molar-refractivity contribution in [2.24, 2.45) is 0 Å². The van der Waals surface area contributed by atoms with Crippen molar-refractivity contribution < 1.29 is 22.6 Å². The highest BCUT2D eigenvalue weighted by Crippen LogP contribution is 2.24. The van der Waals surface area contributed by atoms with Crippen LogP contribution in [0.2, 0.25) is 0 Å². The molecule has 6 nitrogen and oxygen atoms in total. The van der Waals surface area contributed by atoms with Gasteiger partial charge in [-0.25, -0.2) is 14.4 Å². The van der Waals surface area contributed by atoms with E-state index in [0.29, 0.717) is 36.9 Å². The minimum atomic E-state index is -2.76. The van der Waals surface area contributed by atoms with Gasteiger partial charge in [-0.1, -0.05) is 0 Å². The van der Waals surface area contributed by atoms with Gasteiger partial charge in [-0.2, -0.15) is 8.78 Å². The molecule has 2 heterocycles. The molecule has 1 aromatic carbocycles. The summed E-state index contributed by atoms with van der Waals surface area (Å²) in [6, 6.07) is 4.45. The number of aryl methyl sites for hydroxylation is 1. The van der Waals surface area contributed by atoms with Crippen LogP contribution in [0.4, 0.5) is 13.2 Å². The summed E-state index contributed by atoms with van der Waals surface area (Å²) in [5, 5.41) is 0.829. The molecule has 2 aromatic heterocycles. The number of hydrogen-bond acceptors (Lipinski definition) is 5. The molecule has 0 N–H and O–H groups in total. The molecule has 0 atom stereocenters. The van der Waals surface area contributed by atoms with Gasteiger partial charge in [-0.3, -0.25) is 4.79 Å². The van der Waals surface area contributed by atoms with E-state index in [1.165, 1.54) is 30.1 Å². The maximum absolute atomic E-state index is 14.6. The van der Waals surface area contributed by atoms with Crippen LogP contribution in [-0.2, 0) is 11.3 Å². The van der Waals surface area contributed by atoms with E-state index < -0.39 is 12.4 Å². The Morgan fingerprint density at radius 2 is 1.90 bits per heavy atom. The third-order valence-electron chi connectivity index (χ3n) is 4.46. The van der Waals surface area contributed by atoms with Crippen molar-refractivity contribution in [1.82, 2.24) is 14.5 Å². The molecule has 0 saturated heterocycles. The fraction of sp³-hybridized carbons (Fsp3) is 0.350. The maximum Gasteiger partial charge on any atom is 0.345 e. The zero-order valence-electron chi connectivity index (χ0n) is 15.8. The lowest BCUT2D eigenvalue weighted by atomic mass is 10.1. The van der Waals surface area contributed by atoms with Gasteiger partial charge in [-0.15, -0.1) is 0 Å². The first-order chi connectivity index (χ1) is 14.0. The lowest BCUT2D eigenvalue weighted by Gasteiger charge is -2.09. The molecule has 29 heavy (non-hydrogen) atoms. The summed E-state index contributed by atoms with van der Waals surface area (Å²) in [4.78, 5) is 20.8. The molecule has 9 heteroatoms. The largest absolute Gasteiger partial charge is 0.494 e. The van der Waals surface area contributed by atoms with Crippen molar-refractivity contribution >= 4 is 10.8 Å². The maximum atomic E-state index is 14.6. The van der Waals surface area contributed by atoms with Crippen molar-refractivity contribution in [3.8, 4) is 17.1 Å². The number of pyridine rings is 1. The minimum Gasteiger partial charge on any atom is -0.494 e. The van der Waals surface area contributed by atoms with Crippen molar-refractivity contribution in [2.75, 3.05) is 13.7 Å². The molecule has 0 radical (unpaired) electrons.